The molecule has 4 heteroatoms. The molecule has 0 bridgehead atoms. The van der Waals surface area contributed by atoms with E-state index in [1.54, 1.807) is 12.1 Å². The van der Waals surface area contributed by atoms with Crippen LogP contribution in [-0.2, 0) is 0 Å². The quantitative estimate of drug-likeness (QED) is 0.826. The lowest BCUT2D eigenvalue weighted by molar-refractivity contribution is 0.0574. The Balaban J connectivity index is 2.26. The van der Waals surface area contributed by atoms with Crippen molar-refractivity contribution in [1.29, 1.82) is 0 Å². The average molecular weight is 287 g/mol. The highest BCUT2D eigenvalue weighted by Gasteiger charge is 2.27. The molecular weight excluding hydrogens is 266 g/mol. The maximum atomic E-state index is 12.8. The van der Waals surface area contributed by atoms with E-state index in [4.69, 9.17) is 5.11 Å². The lowest BCUT2D eigenvalue weighted by atomic mass is 9.97. The number of likely N-dealkylation sites (tertiary alicyclic amines) is 1. The third kappa shape index (κ3) is 3.84. The van der Waals surface area contributed by atoms with E-state index in [1.165, 1.54) is 0 Å². The van der Waals surface area contributed by atoms with Gasteiger partial charge in [-0.05, 0) is 37.8 Å². The van der Waals surface area contributed by atoms with Crippen LogP contribution in [0.25, 0.3) is 0 Å². The van der Waals surface area contributed by atoms with Gasteiger partial charge < -0.3 is 15.1 Å². The van der Waals surface area contributed by atoms with Crippen molar-refractivity contribution >= 4 is 5.91 Å². The monoisotopic (exact) mass is 287 g/mol. The number of aliphatic hydroxyl groups is 2. The van der Waals surface area contributed by atoms with Gasteiger partial charge in [0, 0.05) is 24.8 Å². The predicted octanol–water partition coefficient (Wildman–Crippen LogP) is 1.41. The number of amides is 1. The zero-order valence-electron chi connectivity index (χ0n) is 12.1. The number of hydrogen-bond acceptors (Lipinski definition) is 3. The van der Waals surface area contributed by atoms with Gasteiger partial charge in [-0.25, -0.2) is 0 Å². The maximum Gasteiger partial charge on any atom is 0.255 e. The van der Waals surface area contributed by atoms with Gasteiger partial charge in [0.05, 0.1) is 5.56 Å². The van der Waals surface area contributed by atoms with Gasteiger partial charge in [-0.1, -0.05) is 24.0 Å². The Labute approximate surface area is 125 Å². The number of aliphatic hydroxyl groups excluding tert-OH is 2. The van der Waals surface area contributed by atoms with Gasteiger partial charge in [0.2, 0.25) is 0 Å². The SMILES string of the molecule is O=C(c1ccccc1C#CCO)N1CCCCC1CCO. The van der Waals surface area contributed by atoms with Gasteiger partial charge in [0.15, 0.2) is 0 Å². The number of carbonyl (C=O) groups excluding carboxylic acids is 1. The standard InChI is InChI=1S/C17H21NO3/c19-12-5-7-14-6-1-2-9-16(14)17(21)18-11-4-3-8-15(18)10-13-20/h1-2,6,9,15,19-20H,3-4,8,10-13H2. The van der Waals surface area contributed by atoms with Gasteiger partial charge >= 0.3 is 0 Å². The summed E-state index contributed by atoms with van der Waals surface area (Å²) in [6, 6.07) is 7.33. The third-order valence-corrected chi connectivity index (χ3v) is 3.81. The lowest BCUT2D eigenvalue weighted by Gasteiger charge is -2.35. The number of hydrogen-bond donors (Lipinski definition) is 2. The van der Waals surface area contributed by atoms with E-state index in [9.17, 15) is 9.90 Å². The second-order valence-electron chi connectivity index (χ2n) is 5.17. The summed E-state index contributed by atoms with van der Waals surface area (Å²) in [6.45, 7) is 0.602. The molecule has 1 aromatic carbocycles. The molecule has 21 heavy (non-hydrogen) atoms. The molecule has 1 saturated heterocycles. The van der Waals surface area contributed by atoms with Crippen LogP contribution < -0.4 is 0 Å². The van der Waals surface area contributed by atoms with Crippen LogP contribution in [0, 0.1) is 11.8 Å². The molecule has 1 aliphatic heterocycles. The summed E-state index contributed by atoms with van der Waals surface area (Å²) in [5, 5.41) is 18.0. The Kier molecular flexibility index (Phi) is 5.79. The van der Waals surface area contributed by atoms with Crippen LogP contribution in [0.3, 0.4) is 0 Å². The zero-order valence-corrected chi connectivity index (χ0v) is 12.1. The highest BCUT2D eigenvalue weighted by molar-refractivity contribution is 5.97. The molecule has 2 rings (SSSR count). The molecule has 1 amide bonds. The summed E-state index contributed by atoms with van der Waals surface area (Å²) in [5.41, 5.74) is 1.22. The Hall–Kier alpha value is -1.83. The number of rotatable bonds is 3. The average Bonchev–Trinajstić information content (AvgIpc) is 2.53. The first-order valence-electron chi connectivity index (χ1n) is 7.38. The van der Waals surface area contributed by atoms with Gasteiger partial charge in [0.1, 0.15) is 6.61 Å². The van der Waals surface area contributed by atoms with Crippen LogP contribution in [0.4, 0.5) is 0 Å². The molecule has 1 atom stereocenters. The first kappa shape index (κ1) is 15.6. The summed E-state index contributed by atoms with van der Waals surface area (Å²) in [4.78, 5) is 14.6. The Bertz CT molecular complexity index is 542. The van der Waals surface area contributed by atoms with Crippen molar-refractivity contribution in [2.24, 2.45) is 0 Å². The largest absolute Gasteiger partial charge is 0.396 e. The lowest BCUT2D eigenvalue weighted by Crippen LogP contribution is -2.44. The molecule has 4 nitrogen and oxygen atoms in total. The summed E-state index contributed by atoms with van der Waals surface area (Å²) < 4.78 is 0. The van der Waals surface area contributed by atoms with Crippen molar-refractivity contribution in [3.05, 3.63) is 35.4 Å². The Morgan fingerprint density at radius 2 is 2.10 bits per heavy atom. The van der Waals surface area contributed by atoms with Crippen molar-refractivity contribution in [2.45, 2.75) is 31.7 Å². The minimum absolute atomic E-state index is 0.0315. The van der Waals surface area contributed by atoms with Gasteiger partial charge in [-0.15, -0.1) is 0 Å². The highest BCUT2D eigenvalue weighted by atomic mass is 16.3. The van der Waals surface area contributed by atoms with Crippen LogP contribution in [0.5, 0.6) is 0 Å². The number of nitrogens with zero attached hydrogens (tertiary/aromatic N) is 1. The minimum atomic E-state index is -0.223. The topological polar surface area (TPSA) is 60.8 Å². The van der Waals surface area contributed by atoms with Crippen molar-refractivity contribution < 1.29 is 15.0 Å². The van der Waals surface area contributed by atoms with E-state index in [1.807, 2.05) is 17.0 Å². The molecule has 1 aliphatic rings. The van der Waals surface area contributed by atoms with Crippen LogP contribution in [-0.4, -0.2) is 46.8 Å². The molecule has 0 aromatic heterocycles. The summed E-state index contributed by atoms with van der Waals surface area (Å²) in [5.74, 6) is 5.40. The van der Waals surface area contributed by atoms with E-state index in [2.05, 4.69) is 11.8 Å². The fraction of sp³-hybridized carbons (Fsp3) is 0.471. The molecule has 0 spiro atoms. The van der Waals surface area contributed by atoms with Crippen LogP contribution in [0.2, 0.25) is 0 Å². The second-order valence-corrected chi connectivity index (χ2v) is 5.17. The van der Waals surface area contributed by atoms with Crippen LogP contribution >= 0.6 is 0 Å². The van der Waals surface area contributed by atoms with Crippen molar-refractivity contribution in [3.63, 3.8) is 0 Å². The Morgan fingerprint density at radius 1 is 1.29 bits per heavy atom. The number of carbonyl (C=O) groups is 1. The first-order valence-corrected chi connectivity index (χ1v) is 7.38. The molecule has 2 N–H and O–H groups in total. The molecule has 1 unspecified atom stereocenters. The molecule has 0 saturated carbocycles. The second kappa shape index (κ2) is 7.82. The summed E-state index contributed by atoms with van der Waals surface area (Å²) >= 11 is 0. The molecule has 1 heterocycles. The Morgan fingerprint density at radius 3 is 2.86 bits per heavy atom. The predicted molar refractivity (Wildman–Crippen MR) is 80.8 cm³/mol. The van der Waals surface area contributed by atoms with E-state index < -0.39 is 0 Å². The summed E-state index contributed by atoms with van der Waals surface area (Å²) in [7, 11) is 0. The van der Waals surface area contributed by atoms with Crippen molar-refractivity contribution in [3.8, 4) is 11.8 Å². The highest BCUT2D eigenvalue weighted by Crippen LogP contribution is 2.22. The molecule has 1 aromatic rings. The van der Waals surface area contributed by atoms with Crippen molar-refractivity contribution in [2.75, 3.05) is 19.8 Å². The number of benzene rings is 1. The molecular formula is C17H21NO3. The summed E-state index contributed by atoms with van der Waals surface area (Å²) in [6.07, 6.45) is 3.66. The van der Waals surface area contributed by atoms with Crippen molar-refractivity contribution in [1.82, 2.24) is 4.90 Å². The van der Waals surface area contributed by atoms with E-state index in [0.717, 1.165) is 25.8 Å². The van der Waals surface area contributed by atoms with E-state index >= 15 is 0 Å². The third-order valence-electron chi connectivity index (χ3n) is 3.81. The fourth-order valence-corrected chi connectivity index (χ4v) is 2.79. The van der Waals surface area contributed by atoms with E-state index in [0.29, 0.717) is 17.5 Å². The zero-order chi connectivity index (χ0) is 15.1. The van der Waals surface area contributed by atoms with E-state index in [-0.39, 0.29) is 25.2 Å². The van der Waals surface area contributed by atoms with Crippen LogP contribution in [0.15, 0.2) is 24.3 Å². The molecule has 112 valence electrons. The number of piperidine rings is 1. The van der Waals surface area contributed by atoms with Gasteiger partial charge in [0.25, 0.3) is 5.91 Å². The minimum Gasteiger partial charge on any atom is -0.396 e. The maximum absolute atomic E-state index is 12.8. The fourth-order valence-electron chi connectivity index (χ4n) is 2.79. The molecule has 0 radical (unpaired) electrons. The normalized spacial score (nSPS) is 18.0. The molecule has 0 aliphatic carbocycles. The van der Waals surface area contributed by atoms with Gasteiger partial charge in [-0.3, -0.25) is 4.79 Å². The first-order chi connectivity index (χ1) is 10.3. The van der Waals surface area contributed by atoms with Crippen LogP contribution in [0.1, 0.15) is 41.6 Å². The molecule has 1 fully saturated rings. The van der Waals surface area contributed by atoms with Gasteiger partial charge in [-0.2, -0.15) is 0 Å². The smallest absolute Gasteiger partial charge is 0.255 e.